The molecular formula is C20H21N3O. The normalized spacial score (nSPS) is 12.0. The summed E-state index contributed by atoms with van der Waals surface area (Å²) in [5.41, 5.74) is 3.94. The second kappa shape index (κ2) is 6.71. The molecule has 0 bridgehead atoms. The van der Waals surface area contributed by atoms with Gasteiger partial charge in [0.1, 0.15) is 11.9 Å². The summed E-state index contributed by atoms with van der Waals surface area (Å²) in [5, 5.41) is 3.08. The molecule has 1 aromatic heterocycles. The highest BCUT2D eigenvalue weighted by molar-refractivity contribution is 5.88. The van der Waals surface area contributed by atoms with Crippen LogP contribution in [-0.4, -0.2) is 15.5 Å². The van der Waals surface area contributed by atoms with Crippen molar-refractivity contribution >= 4 is 16.9 Å². The topological polar surface area (TPSA) is 46.9 Å². The number of para-hydroxylation sites is 2. The lowest BCUT2D eigenvalue weighted by molar-refractivity contribution is -0.117. The lowest BCUT2D eigenvalue weighted by Gasteiger charge is -2.18. The van der Waals surface area contributed by atoms with Gasteiger partial charge in [0.2, 0.25) is 5.91 Å². The average molecular weight is 319 g/mol. The van der Waals surface area contributed by atoms with E-state index in [0.29, 0.717) is 0 Å². The molecule has 2 aromatic carbocycles. The molecule has 4 heteroatoms. The van der Waals surface area contributed by atoms with Crippen LogP contribution in [0.5, 0.6) is 0 Å². The van der Waals surface area contributed by atoms with Crippen molar-refractivity contribution in [2.24, 2.45) is 7.05 Å². The molecule has 0 unspecified atom stereocenters. The van der Waals surface area contributed by atoms with Gasteiger partial charge in [0, 0.05) is 13.1 Å². The van der Waals surface area contributed by atoms with Crippen molar-refractivity contribution in [2.75, 3.05) is 0 Å². The van der Waals surface area contributed by atoms with Gasteiger partial charge in [-0.05, 0) is 31.5 Å². The van der Waals surface area contributed by atoms with Crippen LogP contribution in [0.25, 0.3) is 11.0 Å². The Balaban J connectivity index is 2.08. The summed E-state index contributed by atoms with van der Waals surface area (Å²) in [6.45, 7) is 3.82. The summed E-state index contributed by atoms with van der Waals surface area (Å²) in [7, 11) is 1.98. The summed E-state index contributed by atoms with van der Waals surface area (Å²) in [5.74, 6) is 0.703. The molecule has 1 atom stereocenters. The van der Waals surface area contributed by atoms with E-state index >= 15 is 0 Å². The largest absolute Gasteiger partial charge is 0.339 e. The van der Waals surface area contributed by atoms with Crippen molar-refractivity contribution < 1.29 is 4.79 Å². The summed E-state index contributed by atoms with van der Waals surface area (Å²) in [6.07, 6.45) is 1.61. The fourth-order valence-corrected chi connectivity index (χ4v) is 2.81. The van der Waals surface area contributed by atoms with Crippen molar-refractivity contribution in [1.82, 2.24) is 14.9 Å². The van der Waals surface area contributed by atoms with Crippen molar-refractivity contribution in [1.29, 1.82) is 0 Å². The molecule has 0 radical (unpaired) electrons. The second-order valence-electron chi connectivity index (χ2n) is 6.09. The number of rotatable bonds is 4. The van der Waals surface area contributed by atoms with Crippen molar-refractivity contribution in [3.05, 3.63) is 77.6 Å². The standard InChI is InChI=1S/C20H21N3O/c1-14(2)13-18(24)22-19(15-9-5-4-6-10-15)20-21-16-11-7-8-12-17(16)23(20)3/h4-13,19H,1-3H3,(H,22,24)/t19-/m1/s1. The molecular weight excluding hydrogens is 298 g/mol. The number of fused-ring (bicyclic) bond motifs is 1. The van der Waals surface area contributed by atoms with Crippen LogP contribution in [0.15, 0.2) is 66.2 Å². The first kappa shape index (κ1) is 16.0. The number of nitrogens with one attached hydrogen (secondary N) is 1. The number of nitrogens with zero attached hydrogens (tertiary/aromatic N) is 2. The van der Waals surface area contributed by atoms with E-state index in [1.807, 2.05) is 80.1 Å². The van der Waals surface area contributed by atoms with Gasteiger partial charge in [-0.2, -0.15) is 0 Å². The minimum atomic E-state index is -0.299. The number of hydrogen-bond donors (Lipinski definition) is 1. The van der Waals surface area contributed by atoms with E-state index in [9.17, 15) is 4.79 Å². The van der Waals surface area contributed by atoms with Crippen LogP contribution in [0.3, 0.4) is 0 Å². The van der Waals surface area contributed by atoms with E-state index in [1.165, 1.54) is 0 Å². The zero-order valence-corrected chi connectivity index (χ0v) is 14.2. The highest BCUT2D eigenvalue weighted by Gasteiger charge is 2.21. The number of allylic oxidation sites excluding steroid dienone is 1. The van der Waals surface area contributed by atoms with E-state index in [4.69, 9.17) is 4.98 Å². The molecule has 1 N–H and O–H groups in total. The minimum absolute atomic E-state index is 0.115. The van der Waals surface area contributed by atoms with Gasteiger partial charge in [-0.3, -0.25) is 4.79 Å². The molecule has 0 fully saturated rings. The van der Waals surface area contributed by atoms with Gasteiger partial charge in [0.05, 0.1) is 11.0 Å². The predicted molar refractivity (Wildman–Crippen MR) is 96.6 cm³/mol. The molecule has 0 spiro atoms. The first-order valence-corrected chi connectivity index (χ1v) is 7.98. The third-order valence-corrected chi connectivity index (χ3v) is 3.92. The van der Waals surface area contributed by atoms with E-state index in [1.54, 1.807) is 6.08 Å². The van der Waals surface area contributed by atoms with Gasteiger partial charge in [-0.15, -0.1) is 0 Å². The minimum Gasteiger partial charge on any atom is -0.339 e. The first-order chi connectivity index (χ1) is 11.6. The number of carbonyl (C=O) groups is 1. The van der Waals surface area contributed by atoms with Gasteiger partial charge in [0.25, 0.3) is 0 Å². The molecule has 4 nitrogen and oxygen atoms in total. The molecule has 3 aromatic rings. The number of aryl methyl sites for hydroxylation is 1. The molecule has 0 saturated heterocycles. The third kappa shape index (κ3) is 3.23. The molecule has 1 heterocycles. The maximum atomic E-state index is 12.3. The van der Waals surface area contributed by atoms with Gasteiger partial charge < -0.3 is 9.88 Å². The Bertz CT molecular complexity index is 890. The number of hydrogen-bond acceptors (Lipinski definition) is 2. The van der Waals surface area contributed by atoms with Crippen molar-refractivity contribution in [3.8, 4) is 0 Å². The summed E-state index contributed by atoms with van der Waals surface area (Å²) in [4.78, 5) is 17.1. The summed E-state index contributed by atoms with van der Waals surface area (Å²) >= 11 is 0. The third-order valence-electron chi connectivity index (χ3n) is 3.92. The number of amides is 1. The number of benzene rings is 2. The first-order valence-electron chi connectivity index (χ1n) is 7.98. The Hall–Kier alpha value is -2.88. The highest BCUT2D eigenvalue weighted by Crippen LogP contribution is 2.25. The predicted octanol–water partition coefficient (Wildman–Crippen LogP) is 3.75. The Morgan fingerprint density at radius 1 is 1.08 bits per heavy atom. The van der Waals surface area contributed by atoms with Crippen LogP contribution in [0.2, 0.25) is 0 Å². The van der Waals surface area contributed by atoms with Gasteiger partial charge in [-0.1, -0.05) is 48.0 Å². The maximum Gasteiger partial charge on any atom is 0.244 e. The summed E-state index contributed by atoms with van der Waals surface area (Å²) in [6, 6.07) is 17.6. The number of aromatic nitrogens is 2. The highest BCUT2D eigenvalue weighted by atomic mass is 16.1. The van der Waals surface area contributed by atoms with Crippen LogP contribution < -0.4 is 5.32 Å². The molecule has 24 heavy (non-hydrogen) atoms. The zero-order chi connectivity index (χ0) is 17.1. The zero-order valence-electron chi connectivity index (χ0n) is 14.2. The second-order valence-corrected chi connectivity index (χ2v) is 6.09. The maximum absolute atomic E-state index is 12.3. The van der Waals surface area contributed by atoms with E-state index in [0.717, 1.165) is 28.0 Å². The number of carbonyl (C=O) groups excluding carboxylic acids is 1. The monoisotopic (exact) mass is 319 g/mol. The lowest BCUT2D eigenvalue weighted by Crippen LogP contribution is -2.29. The lowest BCUT2D eigenvalue weighted by atomic mass is 10.1. The Kier molecular flexibility index (Phi) is 4.47. The Labute approximate surface area is 141 Å². The molecule has 3 rings (SSSR count). The van der Waals surface area contributed by atoms with Gasteiger partial charge in [0.15, 0.2) is 0 Å². The van der Waals surface area contributed by atoms with E-state index in [-0.39, 0.29) is 11.9 Å². The molecule has 0 saturated carbocycles. The summed E-state index contributed by atoms with van der Waals surface area (Å²) < 4.78 is 2.04. The van der Waals surface area contributed by atoms with Gasteiger partial charge in [-0.25, -0.2) is 4.98 Å². The fourth-order valence-electron chi connectivity index (χ4n) is 2.81. The molecule has 0 aliphatic carbocycles. The molecule has 122 valence electrons. The Morgan fingerprint density at radius 2 is 1.75 bits per heavy atom. The van der Waals surface area contributed by atoms with Crippen LogP contribution in [0.1, 0.15) is 31.3 Å². The average Bonchev–Trinajstić information content (AvgIpc) is 2.90. The van der Waals surface area contributed by atoms with E-state index < -0.39 is 0 Å². The van der Waals surface area contributed by atoms with E-state index in [2.05, 4.69) is 5.32 Å². The van der Waals surface area contributed by atoms with Crippen LogP contribution >= 0.6 is 0 Å². The quantitative estimate of drug-likeness (QED) is 0.745. The van der Waals surface area contributed by atoms with Crippen molar-refractivity contribution in [3.63, 3.8) is 0 Å². The van der Waals surface area contributed by atoms with Crippen LogP contribution in [0, 0.1) is 0 Å². The molecule has 0 aliphatic heterocycles. The van der Waals surface area contributed by atoms with Crippen LogP contribution in [0.4, 0.5) is 0 Å². The fraction of sp³-hybridized carbons (Fsp3) is 0.200. The van der Waals surface area contributed by atoms with Gasteiger partial charge >= 0.3 is 0 Å². The molecule has 0 aliphatic rings. The molecule has 1 amide bonds. The SMILES string of the molecule is CC(C)=CC(=O)N[C@H](c1ccccc1)c1nc2ccccc2n1C. The van der Waals surface area contributed by atoms with Crippen LogP contribution in [-0.2, 0) is 11.8 Å². The number of imidazole rings is 1. The van der Waals surface area contributed by atoms with Crippen molar-refractivity contribution in [2.45, 2.75) is 19.9 Å². The Morgan fingerprint density at radius 3 is 2.42 bits per heavy atom. The smallest absolute Gasteiger partial charge is 0.244 e.